The van der Waals surface area contributed by atoms with E-state index in [1.165, 1.54) is 12.1 Å². The minimum atomic E-state index is -0.688. The number of carbonyl (C=O) groups is 1. The topological polar surface area (TPSA) is 78.2 Å². The fourth-order valence-corrected chi connectivity index (χ4v) is 2.74. The quantitative estimate of drug-likeness (QED) is 0.559. The van der Waals surface area contributed by atoms with E-state index in [0.29, 0.717) is 27.7 Å². The van der Waals surface area contributed by atoms with E-state index in [4.69, 9.17) is 11.6 Å². The van der Waals surface area contributed by atoms with Crippen molar-refractivity contribution >= 4 is 35.0 Å². The molecule has 0 aromatic heterocycles. The predicted molar refractivity (Wildman–Crippen MR) is 114 cm³/mol. The van der Waals surface area contributed by atoms with Crippen LogP contribution in [0, 0.1) is 11.6 Å². The van der Waals surface area contributed by atoms with Gasteiger partial charge < -0.3 is 0 Å². The van der Waals surface area contributed by atoms with Gasteiger partial charge in [0.15, 0.2) is 0 Å². The van der Waals surface area contributed by atoms with Crippen molar-refractivity contribution in [2.24, 2.45) is 15.1 Å². The lowest BCUT2D eigenvalue weighted by Crippen LogP contribution is -2.32. The standard InChI is InChI=1S/C21H20ClF2N5O/c1-3-12(2)25-21(27-20(30)13-4-6-15(22)7-5-13)26-19-11-18(28-29-19)14-8-16(23)10-17(24)9-14/h4-10,12H,3,11H2,1-2H3,(H2,25,26,27,29,30). The van der Waals surface area contributed by atoms with Gasteiger partial charge in [0.05, 0.1) is 18.2 Å². The highest BCUT2D eigenvalue weighted by molar-refractivity contribution is 6.30. The van der Waals surface area contributed by atoms with E-state index in [-0.39, 0.29) is 24.3 Å². The van der Waals surface area contributed by atoms with Gasteiger partial charge in [-0.1, -0.05) is 18.5 Å². The van der Waals surface area contributed by atoms with Crippen molar-refractivity contribution in [2.75, 3.05) is 0 Å². The Balaban J connectivity index is 1.78. The summed E-state index contributed by atoms with van der Waals surface area (Å²) in [4.78, 5) is 21.3. The van der Waals surface area contributed by atoms with Crippen LogP contribution in [0.1, 0.15) is 42.6 Å². The van der Waals surface area contributed by atoms with Crippen molar-refractivity contribution in [1.82, 2.24) is 10.7 Å². The molecule has 0 spiro atoms. The van der Waals surface area contributed by atoms with Gasteiger partial charge in [-0.2, -0.15) is 10.1 Å². The second kappa shape index (κ2) is 9.58. The Bertz CT molecular complexity index is 1010. The van der Waals surface area contributed by atoms with Crippen LogP contribution >= 0.6 is 11.6 Å². The number of halogens is 3. The fraction of sp³-hybridized carbons (Fsp3) is 0.238. The Morgan fingerprint density at radius 2 is 1.90 bits per heavy atom. The molecule has 1 aliphatic heterocycles. The summed E-state index contributed by atoms with van der Waals surface area (Å²) in [5.74, 6) is -1.24. The van der Waals surface area contributed by atoms with Gasteiger partial charge in [-0.3, -0.25) is 15.5 Å². The summed E-state index contributed by atoms with van der Waals surface area (Å²) < 4.78 is 27.0. The maximum atomic E-state index is 13.5. The minimum absolute atomic E-state index is 0.0750. The second-order valence-electron chi connectivity index (χ2n) is 6.73. The minimum Gasteiger partial charge on any atom is -0.291 e. The first-order chi connectivity index (χ1) is 14.3. The number of nitrogens with one attached hydrogen (secondary N) is 2. The van der Waals surface area contributed by atoms with Gasteiger partial charge in [0.25, 0.3) is 5.91 Å². The lowest BCUT2D eigenvalue weighted by atomic mass is 10.1. The van der Waals surface area contributed by atoms with E-state index in [2.05, 4.69) is 25.8 Å². The summed E-state index contributed by atoms with van der Waals surface area (Å²) in [6.45, 7) is 3.86. The Morgan fingerprint density at radius 1 is 1.23 bits per heavy atom. The number of benzene rings is 2. The summed E-state index contributed by atoms with van der Waals surface area (Å²) in [6.07, 6.45) is 0.960. The maximum absolute atomic E-state index is 13.5. The van der Waals surface area contributed by atoms with Crippen molar-refractivity contribution < 1.29 is 13.6 Å². The molecule has 0 bridgehead atoms. The molecule has 0 radical (unpaired) electrons. The third-order valence-electron chi connectivity index (χ3n) is 4.36. The maximum Gasteiger partial charge on any atom is 0.258 e. The molecule has 3 rings (SSSR count). The number of hydrazone groups is 1. The van der Waals surface area contributed by atoms with E-state index in [1.807, 2.05) is 13.8 Å². The fourth-order valence-electron chi connectivity index (χ4n) is 2.61. The number of nitrogens with zero attached hydrogens (tertiary/aromatic N) is 3. The Hall–Kier alpha value is -3.13. The smallest absolute Gasteiger partial charge is 0.258 e. The molecule has 2 N–H and O–H groups in total. The Labute approximate surface area is 177 Å². The Morgan fingerprint density at radius 3 is 2.53 bits per heavy atom. The first-order valence-electron chi connectivity index (χ1n) is 9.35. The molecular formula is C21H20ClF2N5O. The summed E-state index contributed by atoms with van der Waals surface area (Å²) in [5.41, 5.74) is 3.88. The van der Waals surface area contributed by atoms with Crippen LogP contribution < -0.4 is 10.7 Å². The summed E-state index contributed by atoms with van der Waals surface area (Å²) in [5, 5.41) is 7.30. The van der Waals surface area contributed by atoms with Gasteiger partial charge >= 0.3 is 0 Å². The highest BCUT2D eigenvalue weighted by atomic mass is 35.5. The van der Waals surface area contributed by atoms with E-state index < -0.39 is 11.6 Å². The molecule has 2 aromatic carbocycles. The molecule has 0 saturated heterocycles. The number of hydrogen-bond donors (Lipinski definition) is 2. The molecule has 1 unspecified atom stereocenters. The Kier molecular flexibility index (Phi) is 6.89. The molecular weight excluding hydrogens is 412 g/mol. The SMILES string of the molecule is CCC(C)N=C(N=C1CC(c2cc(F)cc(F)c2)=NN1)NC(=O)c1ccc(Cl)cc1. The van der Waals surface area contributed by atoms with Gasteiger partial charge in [-0.15, -0.1) is 0 Å². The van der Waals surface area contributed by atoms with Crippen LogP contribution in [-0.4, -0.2) is 29.5 Å². The van der Waals surface area contributed by atoms with E-state index in [1.54, 1.807) is 24.3 Å². The largest absolute Gasteiger partial charge is 0.291 e. The van der Waals surface area contributed by atoms with Crippen molar-refractivity contribution in [3.8, 4) is 0 Å². The van der Waals surface area contributed by atoms with Crippen LogP contribution in [-0.2, 0) is 0 Å². The van der Waals surface area contributed by atoms with E-state index in [0.717, 1.165) is 12.5 Å². The van der Waals surface area contributed by atoms with Gasteiger partial charge in [0.1, 0.15) is 17.5 Å². The summed E-state index contributed by atoms with van der Waals surface area (Å²) >= 11 is 5.86. The molecule has 9 heteroatoms. The molecule has 1 amide bonds. The van der Waals surface area contributed by atoms with Crippen LogP contribution in [0.5, 0.6) is 0 Å². The molecule has 156 valence electrons. The van der Waals surface area contributed by atoms with Crippen LogP contribution in [0.25, 0.3) is 0 Å². The molecule has 1 aliphatic rings. The van der Waals surface area contributed by atoms with Crippen molar-refractivity contribution in [2.45, 2.75) is 32.7 Å². The first kappa shape index (κ1) is 21.6. The highest BCUT2D eigenvalue weighted by Crippen LogP contribution is 2.14. The molecule has 30 heavy (non-hydrogen) atoms. The molecule has 0 fully saturated rings. The number of carbonyl (C=O) groups excluding carboxylic acids is 1. The van der Waals surface area contributed by atoms with Crippen LogP contribution in [0.4, 0.5) is 8.78 Å². The summed E-state index contributed by atoms with van der Waals surface area (Å²) in [7, 11) is 0. The number of amidine groups is 1. The second-order valence-corrected chi connectivity index (χ2v) is 7.17. The highest BCUT2D eigenvalue weighted by Gasteiger charge is 2.18. The van der Waals surface area contributed by atoms with Crippen LogP contribution in [0.15, 0.2) is 57.6 Å². The number of rotatable bonds is 4. The van der Waals surface area contributed by atoms with Gasteiger partial charge in [0, 0.05) is 22.2 Å². The number of amides is 1. The van der Waals surface area contributed by atoms with Crippen LogP contribution in [0.3, 0.4) is 0 Å². The lowest BCUT2D eigenvalue weighted by Gasteiger charge is -2.09. The zero-order valence-corrected chi connectivity index (χ0v) is 17.2. The predicted octanol–water partition coefficient (Wildman–Crippen LogP) is 4.30. The number of aliphatic imine (C=N–C) groups is 2. The molecule has 0 saturated carbocycles. The van der Waals surface area contributed by atoms with Crippen molar-refractivity contribution in [1.29, 1.82) is 0 Å². The first-order valence-corrected chi connectivity index (χ1v) is 9.73. The van der Waals surface area contributed by atoms with E-state index >= 15 is 0 Å². The lowest BCUT2D eigenvalue weighted by molar-refractivity contribution is 0.0976. The zero-order valence-electron chi connectivity index (χ0n) is 16.4. The molecule has 0 aliphatic carbocycles. The molecule has 2 aromatic rings. The number of hydrogen-bond acceptors (Lipinski definition) is 3. The van der Waals surface area contributed by atoms with Crippen LogP contribution in [0.2, 0.25) is 5.02 Å². The molecule has 1 atom stereocenters. The zero-order chi connectivity index (χ0) is 21.7. The van der Waals surface area contributed by atoms with Crippen molar-refractivity contribution in [3.63, 3.8) is 0 Å². The van der Waals surface area contributed by atoms with E-state index in [9.17, 15) is 13.6 Å². The average Bonchev–Trinajstić information content (AvgIpc) is 3.16. The van der Waals surface area contributed by atoms with Gasteiger partial charge in [-0.25, -0.2) is 13.8 Å². The number of guanidine groups is 1. The van der Waals surface area contributed by atoms with Crippen molar-refractivity contribution in [3.05, 3.63) is 70.2 Å². The third kappa shape index (κ3) is 5.70. The third-order valence-corrected chi connectivity index (χ3v) is 4.61. The monoisotopic (exact) mass is 431 g/mol. The normalized spacial score (nSPS) is 16.2. The van der Waals surface area contributed by atoms with Gasteiger partial charge in [-0.05, 0) is 49.7 Å². The molecule has 1 heterocycles. The molecule has 6 nitrogen and oxygen atoms in total. The summed E-state index contributed by atoms with van der Waals surface area (Å²) in [6, 6.07) is 9.54. The average molecular weight is 432 g/mol. The van der Waals surface area contributed by atoms with Gasteiger partial charge in [0.2, 0.25) is 5.96 Å².